The van der Waals surface area contributed by atoms with Crippen LogP contribution in [-0.4, -0.2) is 29.9 Å². The smallest absolute Gasteiger partial charge is 0.322 e. The molecule has 1 unspecified atom stereocenters. The van der Waals surface area contributed by atoms with E-state index in [1.807, 2.05) is 48.7 Å². The second kappa shape index (κ2) is 7.49. The summed E-state index contributed by atoms with van der Waals surface area (Å²) in [4.78, 5) is 26.5. The number of carbonyl (C=O) groups excluding carboxylic acids is 2. The molecule has 1 atom stereocenters. The number of carbonyl (C=O) groups is 2. The van der Waals surface area contributed by atoms with Gasteiger partial charge in [-0.2, -0.15) is 0 Å². The first-order chi connectivity index (χ1) is 11.6. The minimum atomic E-state index is -0.172. The minimum Gasteiger partial charge on any atom is -0.326 e. The molecule has 2 aromatic rings. The maximum absolute atomic E-state index is 12.5. The largest absolute Gasteiger partial charge is 0.326 e. The first-order valence-corrected chi connectivity index (χ1v) is 8.97. The number of thiophene rings is 1. The van der Waals surface area contributed by atoms with Crippen molar-refractivity contribution >= 4 is 34.0 Å². The molecule has 24 heavy (non-hydrogen) atoms. The van der Waals surface area contributed by atoms with E-state index in [9.17, 15) is 9.59 Å². The number of urea groups is 1. The van der Waals surface area contributed by atoms with Gasteiger partial charge in [-0.05, 0) is 49.4 Å². The molecule has 1 aromatic carbocycles. The van der Waals surface area contributed by atoms with Crippen LogP contribution in [-0.2, 0) is 4.79 Å². The number of likely N-dealkylation sites (tertiary alicyclic amines) is 1. The lowest BCUT2D eigenvalue weighted by molar-refractivity contribution is -0.121. The van der Waals surface area contributed by atoms with Crippen LogP contribution in [0.1, 0.15) is 18.4 Å². The van der Waals surface area contributed by atoms with Crippen LogP contribution in [0.2, 0.25) is 0 Å². The molecule has 1 saturated heterocycles. The Balaban J connectivity index is 1.57. The standard InChI is InChI=1S/C18H21N3O2S/c1-13-6-8-15(9-7-13)19-17(22)14-4-2-10-21(12-14)18(23)20-16-5-3-11-24-16/h3,5-9,11,14H,2,4,10,12H2,1H3,(H,19,22)(H,20,23). The highest BCUT2D eigenvalue weighted by molar-refractivity contribution is 7.14. The van der Waals surface area contributed by atoms with Crippen LogP contribution in [0.25, 0.3) is 0 Å². The Kier molecular flexibility index (Phi) is 5.15. The second-order valence-corrected chi connectivity index (χ2v) is 7.00. The highest BCUT2D eigenvalue weighted by Gasteiger charge is 2.28. The lowest BCUT2D eigenvalue weighted by Crippen LogP contribution is -2.45. The normalized spacial score (nSPS) is 17.4. The van der Waals surface area contributed by atoms with E-state index in [1.165, 1.54) is 11.3 Å². The van der Waals surface area contributed by atoms with Crippen LogP contribution in [0.5, 0.6) is 0 Å². The molecule has 1 fully saturated rings. The minimum absolute atomic E-state index is 0.0209. The number of nitrogens with one attached hydrogen (secondary N) is 2. The Labute approximate surface area is 145 Å². The maximum atomic E-state index is 12.5. The highest BCUT2D eigenvalue weighted by Crippen LogP contribution is 2.21. The summed E-state index contributed by atoms with van der Waals surface area (Å²) >= 11 is 1.49. The predicted molar refractivity (Wildman–Crippen MR) is 97.4 cm³/mol. The third-order valence-electron chi connectivity index (χ3n) is 4.15. The van der Waals surface area contributed by atoms with Crippen molar-refractivity contribution < 1.29 is 9.59 Å². The van der Waals surface area contributed by atoms with Gasteiger partial charge in [-0.15, -0.1) is 11.3 Å². The number of piperidine rings is 1. The van der Waals surface area contributed by atoms with Crippen molar-refractivity contribution in [3.8, 4) is 0 Å². The molecule has 0 bridgehead atoms. The monoisotopic (exact) mass is 343 g/mol. The summed E-state index contributed by atoms with van der Waals surface area (Å²) in [5.41, 5.74) is 1.95. The molecule has 0 saturated carbocycles. The van der Waals surface area contributed by atoms with Gasteiger partial charge in [0.25, 0.3) is 0 Å². The summed E-state index contributed by atoms with van der Waals surface area (Å²) in [7, 11) is 0. The summed E-state index contributed by atoms with van der Waals surface area (Å²) in [5, 5.41) is 8.57. The van der Waals surface area contributed by atoms with Gasteiger partial charge in [0.15, 0.2) is 0 Å². The predicted octanol–water partition coefficient (Wildman–Crippen LogP) is 3.94. The van der Waals surface area contributed by atoms with Crippen molar-refractivity contribution in [2.45, 2.75) is 19.8 Å². The van der Waals surface area contributed by atoms with E-state index in [2.05, 4.69) is 10.6 Å². The van der Waals surface area contributed by atoms with E-state index >= 15 is 0 Å². The fourth-order valence-electron chi connectivity index (χ4n) is 2.79. The van der Waals surface area contributed by atoms with Crippen molar-refractivity contribution in [3.63, 3.8) is 0 Å². The summed E-state index contributed by atoms with van der Waals surface area (Å²) in [5.74, 6) is -0.193. The van der Waals surface area contributed by atoms with E-state index in [0.717, 1.165) is 29.1 Å². The summed E-state index contributed by atoms with van der Waals surface area (Å²) in [6.07, 6.45) is 1.64. The average Bonchev–Trinajstić information content (AvgIpc) is 3.10. The molecule has 2 heterocycles. The Morgan fingerprint density at radius 2 is 1.96 bits per heavy atom. The molecule has 6 heteroatoms. The van der Waals surface area contributed by atoms with Crippen LogP contribution < -0.4 is 10.6 Å². The SMILES string of the molecule is Cc1ccc(NC(=O)C2CCCN(C(=O)Nc3cccs3)C2)cc1. The van der Waals surface area contributed by atoms with Crippen molar-refractivity contribution in [2.24, 2.45) is 5.92 Å². The van der Waals surface area contributed by atoms with Crippen molar-refractivity contribution in [1.29, 1.82) is 0 Å². The molecule has 2 N–H and O–H groups in total. The molecular weight excluding hydrogens is 322 g/mol. The van der Waals surface area contributed by atoms with E-state index in [-0.39, 0.29) is 17.9 Å². The van der Waals surface area contributed by atoms with Crippen LogP contribution >= 0.6 is 11.3 Å². The lowest BCUT2D eigenvalue weighted by atomic mass is 9.97. The summed E-state index contributed by atoms with van der Waals surface area (Å²) < 4.78 is 0. The maximum Gasteiger partial charge on any atom is 0.322 e. The van der Waals surface area contributed by atoms with Gasteiger partial charge >= 0.3 is 6.03 Å². The van der Waals surface area contributed by atoms with Crippen molar-refractivity contribution in [2.75, 3.05) is 23.7 Å². The number of amides is 3. The third-order valence-corrected chi connectivity index (χ3v) is 4.94. The molecule has 126 valence electrons. The van der Waals surface area contributed by atoms with Crippen LogP contribution in [0.15, 0.2) is 41.8 Å². The summed E-state index contributed by atoms with van der Waals surface area (Å²) in [6, 6.07) is 11.4. The van der Waals surface area contributed by atoms with E-state index in [1.54, 1.807) is 4.90 Å². The number of aryl methyl sites for hydroxylation is 1. The molecule has 1 aromatic heterocycles. The zero-order chi connectivity index (χ0) is 16.9. The number of rotatable bonds is 3. The van der Waals surface area contributed by atoms with E-state index < -0.39 is 0 Å². The van der Waals surface area contributed by atoms with E-state index in [4.69, 9.17) is 0 Å². The zero-order valence-electron chi connectivity index (χ0n) is 13.6. The van der Waals surface area contributed by atoms with Gasteiger partial charge in [-0.1, -0.05) is 17.7 Å². The van der Waals surface area contributed by atoms with Crippen molar-refractivity contribution in [1.82, 2.24) is 4.90 Å². The molecule has 1 aliphatic rings. The van der Waals surface area contributed by atoms with Gasteiger partial charge in [0.1, 0.15) is 0 Å². The van der Waals surface area contributed by atoms with Crippen molar-refractivity contribution in [3.05, 3.63) is 47.3 Å². The topological polar surface area (TPSA) is 61.4 Å². The quantitative estimate of drug-likeness (QED) is 0.887. The number of nitrogens with zero attached hydrogens (tertiary/aromatic N) is 1. The Morgan fingerprint density at radius 1 is 1.17 bits per heavy atom. The van der Waals surface area contributed by atoms with Crippen LogP contribution in [0, 0.1) is 12.8 Å². The summed E-state index contributed by atoms with van der Waals surface area (Å²) in [6.45, 7) is 3.15. The molecule has 5 nitrogen and oxygen atoms in total. The molecular formula is C18H21N3O2S. The van der Waals surface area contributed by atoms with Gasteiger partial charge < -0.3 is 10.2 Å². The Morgan fingerprint density at radius 3 is 2.67 bits per heavy atom. The number of anilines is 2. The molecule has 0 spiro atoms. The number of benzene rings is 1. The van der Waals surface area contributed by atoms with Crippen LogP contribution in [0.4, 0.5) is 15.5 Å². The first-order valence-electron chi connectivity index (χ1n) is 8.09. The number of hydrogen-bond donors (Lipinski definition) is 2. The van der Waals surface area contributed by atoms with E-state index in [0.29, 0.717) is 13.1 Å². The average molecular weight is 343 g/mol. The number of hydrogen-bond acceptors (Lipinski definition) is 3. The molecule has 3 rings (SSSR count). The van der Waals surface area contributed by atoms with Gasteiger partial charge in [-0.3, -0.25) is 10.1 Å². The molecule has 0 aliphatic carbocycles. The second-order valence-electron chi connectivity index (χ2n) is 6.05. The fraction of sp³-hybridized carbons (Fsp3) is 0.333. The highest BCUT2D eigenvalue weighted by atomic mass is 32.1. The fourth-order valence-corrected chi connectivity index (χ4v) is 3.40. The Hall–Kier alpha value is -2.34. The van der Waals surface area contributed by atoms with Crippen LogP contribution in [0.3, 0.4) is 0 Å². The first kappa shape index (κ1) is 16.5. The van der Waals surface area contributed by atoms with Gasteiger partial charge in [0.2, 0.25) is 5.91 Å². The van der Waals surface area contributed by atoms with Gasteiger partial charge in [-0.25, -0.2) is 4.79 Å². The van der Waals surface area contributed by atoms with Gasteiger partial charge in [0, 0.05) is 18.8 Å². The molecule has 1 aliphatic heterocycles. The third kappa shape index (κ3) is 4.14. The molecule has 0 radical (unpaired) electrons. The lowest BCUT2D eigenvalue weighted by Gasteiger charge is -2.31. The van der Waals surface area contributed by atoms with Gasteiger partial charge in [0.05, 0.1) is 10.9 Å². The molecule has 3 amide bonds. The Bertz CT molecular complexity index is 698. The zero-order valence-corrected chi connectivity index (χ0v) is 14.4.